The third-order valence-electron chi connectivity index (χ3n) is 5.89. The van der Waals surface area contributed by atoms with E-state index >= 15 is 0 Å². The van der Waals surface area contributed by atoms with Gasteiger partial charge in [0.15, 0.2) is 0 Å². The quantitative estimate of drug-likeness (QED) is 0.672. The van der Waals surface area contributed by atoms with Crippen molar-refractivity contribution in [2.24, 2.45) is 11.8 Å². The first kappa shape index (κ1) is 21.4. The highest BCUT2D eigenvalue weighted by molar-refractivity contribution is 6.31. The molecule has 0 bridgehead atoms. The Kier molecular flexibility index (Phi) is 6.86. The summed E-state index contributed by atoms with van der Waals surface area (Å²) in [7, 11) is 0. The maximum absolute atomic E-state index is 14.5. The Labute approximate surface area is 167 Å². The molecule has 1 aliphatic heterocycles. The number of carbonyl (C=O) groups excluding carboxylic acids is 1. The predicted molar refractivity (Wildman–Crippen MR) is 99.5 cm³/mol. The molecule has 0 aromatic heterocycles. The Morgan fingerprint density at radius 2 is 1.93 bits per heavy atom. The zero-order valence-electron chi connectivity index (χ0n) is 15.6. The lowest BCUT2D eigenvalue weighted by Crippen LogP contribution is -2.41. The van der Waals surface area contributed by atoms with Gasteiger partial charge >= 0.3 is 6.18 Å². The number of rotatable bonds is 5. The van der Waals surface area contributed by atoms with Crippen LogP contribution in [0.3, 0.4) is 0 Å². The van der Waals surface area contributed by atoms with E-state index in [0.29, 0.717) is 23.4 Å². The third-order valence-corrected chi connectivity index (χ3v) is 6.22. The number of hydrogen-bond acceptors (Lipinski definition) is 2. The van der Waals surface area contributed by atoms with E-state index in [1.54, 1.807) is 6.07 Å². The number of alkyl halides is 3. The van der Waals surface area contributed by atoms with Crippen LogP contribution in [0.25, 0.3) is 0 Å². The second-order valence-corrected chi connectivity index (χ2v) is 8.15. The maximum atomic E-state index is 14.5. The number of benzene rings is 1. The van der Waals surface area contributed by atoms with Gasteiger partial charge in [0.2, 0.25) is 5.91 Å². The Morgan fingerprint density at radius 3 is 2.57 bits per heavy atom. The molecular formula is C20H25ClF4N2O. The molecule has 1 saturated heterocycles. The largest absolute Gasteiger partial charge is 0.391 e. The van der Waals surface area contributed by atoms with Crippen molar-refractivity contribution < 1.29 is 22.4 Å². The van der Waals surface area contributed by atoms with E-state index in [2.05, 4.69) is 10.2 Å². The molecule has 3 atom stereocenters. The van der Waals surface area contributed by atoms with Gasteiger partial charge in [-0.1, -0.05) is 24.1 Å². The van der Waals surface area contributed by atoms with Gasteiger partial charge in [-0.05, 0) is 57.3 Å². The minimum Gasteiger partial charge on any atom is -0.354 e. The van der Waals surface area contributed by atoms with Crippen molar-refractivity contribution in [3.8, 4) is 0 Å². The second kappa shape index (κ2) is 8.99. The van der Waals surface area contributed by atoms with Crippen LogP contribution in [0.1, 0.15) is 50.1 Å². The Morgan fingerprint density at radius 1 is 1.21 bits per heavy atom. The maximum Gasteiger partial charge on any atom is 0.391 e. The van der Waals surface area contributed by atoms with E-state index in [1.807, 2.05) is 0 Å². The lowest BCUT2D eigenvalue weighted by molar-refractivity contribution is -0.186. The molecule has 156 valence electrons. The lowest BCUT2D eigenvalue weighted by atomic mass is 9.80. The highest BCUT2D eigenvalue weighted by Crippen LogP contribution is 2.40. The molecule has 1 N–H and O–H groups in total. The van der Waals surface area contributed by atoms with E-state index in [9.17, 15) is 22.4 Å². The number of nitrogens with one attached hydrogen (secondary N) is 1. The minimum absolute atomic E-state index is 0.0779. The van der Waals surface area contributed by atoms with E-state index in [4.69, 9.17) is 11.6 Å². The van der Waals surface area contributed by atoms with Crippen LogP contribution in [-0.4, -0.2) is 36.6 Å². The summed E-state index contributed by atoms with van der Waals surface area (Å²) in [5.74, 6) is -2.90. The van der Waals surface area contributed by atoms with Crippen LogP contribution in [0, 0.1) is 17.7 Å². The number of likely N-dealkylation sites (tertiary alicyclic amines) is 1. The SMILES string of the molecule is O=C(NCC(c1c(F)cccc1Cl)N1CCCC1)C1CCCC(C(F)(F)F)C1. The third kappa shape index (κ3) is 4.98. The molecule has 1 amide bonds. The van der Waals surface area contributed by atoms with Crippen LogP contribution in [0.4, 0.5) is 17.6 Å². The molecule has 1 aliphatic carbocycles. The van der Waals surface area contributed by atoms with Gasteiger partial charge in [0.1, 0.15) is 5.82 Å². The van der Waals surface area contributed by atoms with Crippen LogP contribution in [0.2, 0.25) is 5.02 Å². The first-order chi connectivity index (χ1) is 13.3. The average molecular weight is 421 g/mol. The molecule has 28 heavy (non-hydrogen) atoms. The van der Waals surface area contributed by atoms with Crippen molar-refractivity contribution in [1.82, 2.24) is 10.2 Å². The van der Waals surface area contributed by atoms with Gasteiger partial charge in [-0.3, -0.25) is 9.69 Å². The van der Waals surface area contributed by atoms with Crippen LogP contribution >= 0.6 is 11.6 Å². The monoisotopic (exact) mass is 420 g/mol. The molecule has 3 rings (SSSR count). The molecule has 1 aromatic rings. The molecule has 0 spiro atoms. The van der Waals surface area contributed by atoms with Gasteiger partial charge in [-0.15, -0.1) is 0 Å². The fourth-order valence-electron chi connectivity index (χ4n) is 4.36. The van der Waals surface area contributed by atoms with Crippen molar-refractivity contribution in [2.45, 2.75) is 50.7 Å². The lowest BCUT2D eigenvalue weighted by Gasteiger charge is -2.32. The minimum atomic E-state index is -4.27. The van der Waals surface area contributed by atoms with Gasteiger partial charge in [-0.25, -0.2) is 4.39 Å². The number of nitrogens with zero attached hydrogens (tertiary/aromatic N) is 1. The van der Waals surface area contributed by atoms with Crippen LogP contribution in [-0.2, 0) is 4.79 Å². The molecule has 2 aliphatic rings. The second-order valence-electron chi connectivity index (χ2n) is 7.74. The van der Waals surface area contributed by atoms with E-state index in [-0.39, 0.29) is 25.3 Å². The highest BCUT2D eigenvalue weighted by atomic mass is 35.5. The summed E-state index contributed by atoms with van der Waals surface area (Å²) in [5.41, 5.74) is 0.336. The summed E-state index contributed by atoms with van der Waals surface area (Å²) in [6.07, 6.45) is -1.57. The zero-order chi connectivity index (χ0) is 20.3. The van der Waals surface area contributed by atoms with E-state index in [1.165, 1.54) is 12.1 Å². The molecular weight excluding hydrogens is 396 g/mol. The summed E-state index contributed by atoms with van der Waals surface area (Å²) in [6.45, 7) is 1.67. The highest BCUT2D eigenvalue weighted by Gasteiger charge is 2.43. The fraction of sp³-hybridized carbons (Fsp3) is 0.650. The first-order valence-electron chi connectivity index (χ1n) is 9.79. The van der Waals surface area contributed by atoms with Crippen LogP contribution < -0.4 is 5.32 Å². The molecule has 1 aromatic carbocycles. The standard InChI is InChI=1S/C20H25ClF4N2O/c21-15-7-4-8-16(22)18(15)17(27-9-1-2-10-27)12-26-19(28)13-5-3-6-14(11-13)20(23,24)25/h4,7-8,13-14,17H,1-3,5-6,9-12H2,(H,26,28). The van der Waals surface area contributed by atoms with Gasteiger partial charge < -0.3 is 5.32 Å². The van der Waals surface area contributed by atoms with Gasteiger partial charge in [0, 0.05) is 23.0 Å². The number of amides is 1. The van der Waals surface area contributed by atoms with E-state index < -0.39 is 29.9 Å². The summed E-state index contributed by atoms with van der Waals surface area (Å²) < 4.78 is 53.5. The van der Waals surface area contributed by atoms with Gasteiger partial charge in [0.05, 0.1) is 12.0 Å². The predicted octanol–water partition coefficient (Wildman–Crippen LogP) is 5.10. The molecule has 2 fully saturated rings. The van der Waals surface area contributed by atoms with Crippen molar-refractivity contribution in [3.63, 3.8) is 0 Å². The smallest absolute Gasteiger partial charge is 0.354 e. The van der Waals surface area contributed by atoms with Crippen molar-refractivity contribution in [3.05, 3.63) is 34.6 Å². The van der Waals surface area contributed by atoms with Crippen LogP contribution in [0.15, 0.2) is 18.2 Å². The Balaban J connectivity index is 1.69. The Bertz CT molecular complexity index is 671. The average Bonchev–Trinajstić information content (AvgIpc) is 3.17. The first-order valence-corrected chi connectivity index (χ1v) is 10.2. The van der Waals surface area contributed by atoms with Crippen molar-refractivity contribution in [2.75, 3.05) is 19.6 Å². The van der Waals surface area contributed by atoms with Gasteiger partial charge in [-0.2, -0.15) is 13.2 Å². The van der Waals surface area contributed by atoms with Crippen molar-refractivity contribution >= 4 is 17.5 Å². The molecule has 3 unspecified atom stereocenters. The molecule has 8 heteroatoms. The van der Waals surface area contributed by atoms with E-state index in [0.717, 1.165) is 25.9 Å². The summed E-state index contributed by atoms with van der Waals surface area (Å²) >= 11 is 6.23. The Hall–Kier alpha value is -1.34. The number of halogens is 5. The van der Waals surface area contributed by atoms with Crippen molar-refractivity contribution in [1.29, 1.82) is 0 Å². The zero-order valence-corrected chi connectivity index (χ0v) is 16.3. The molecule has 3 nitrogen and oxygen atoms in total. The number of hydrogen-bond donors (Lipinski definition) is 1. The summed E-state index contributed by atoms with van der Waals surface area (Å²) in [6, 6.07) is 4.04. The number of carbonyl (C=O) groups is 1. The van der Waals surface area contributed by atoms with Crippen LogP contribution in [0.5, 0.6) is 0 Å². The topological polar surface area (TPSA) is 32.3 Å². The molecule has 1 heterocycles. The fourth-order valence-corrected chi connectivity index (χ4v) is 4.65. The van der Waals surface area contributed by atoms with Gasteiger partial charge in [0.25, 0.3) is 0 Å². The normalized spacial score (nSPS) is 24.9. The molecule has 0 radical (unpaired) electrons. The summed E-state index contributed by atoms with van der Waals surface area (Å²) in [4.78, 5) is 14.6. The summed E-state index contributed by atoms with van der Waals surface area (Å²) in [5, 5.41) is 3.07. The molecule has 1 saturated carbocycles.